The van der Waals surface area contributed by atoms with E-state index in [9.17, 15) is 9.59 Å². The average molecular weight is 270 g/mol. The van der Waals surface area contributed by atoms with E-state index in [2.05, 4.69) is 0 Å². The first-order valence-corrected chi connectivity index (χ1v) is 6.42. The molecule has 5 heteroatoms. The first-order valence-electron chi connectivity index (χ1n) is 6.42. The summed E-state index contributed by atoms with van der Waals surface area (Å²) in [7, 11) is 0. The van der Waals surface area contributed by atoms with Gasteiger partial charge >= 0.3 is 5.97 Å². The molecule has 20 heavy (non-hydrogen) atoms. The monoisotopic (exact) mass is 270 g/mol. The minimum absolute atomic E-state index is 0.0725. The summed E-state index contributed by atoms with van der Waals surface area (Å²) in [6.45, 7) is 0.239. The molecule has 1 aliphatic rings. The molecule has 5 nitrogen and oxygen atoms in total. The van der Waals surface area contributed by atoms with Gasteiger partial charge in [0.15, 0.2) is 0 Å². The molecule has 0 saturated carbocycles. The van der Waals surface area contributed by atoms with Gasteiger partial charge in [-0.15, -0.1) is 0 Å². The fraction of sp³-hybridized carbons (Fsp3) is 0.200. The van der Waals surface area contributed by atoms with Crippen LogP contribution in [0.2, 0.25) is 0 Å². The van der Waals surface area contributed by atoms with Crippen LogP contribution in [0.1, 0.15) is 6.42 Å². The zero-order valence-corrected chi connectivity index (χ0v) is 10.8. The van der Waals surface area contributed by atoms with E-state index < -0.39 is 11.9 Å². The van der Waals surface area contributed by atoms with Crippen LogP contribution in [0, 0.1) is 5.92 Å². The van der Waals surface area contributed by atoms with E-state index in [4.69, 9.17) is 5.11 Å². The summed E-state index contributed by atoms with van der Waals surface area (Å²) in [6, 6.07) is 11.4. The van der Waals surface area contributed by atoms with Crippen LogP contribution in [-0.2, 0) is 9.59 Å². The van der Waals surface area contributed by atoms with E-state index in [0.29, 0.717) is 0 Å². The zero-order valence-electron chi connectivity index (χ0n) is 10.8. The van der Waals surface area contributed by atoms with Crippen LogP contribution in [0.5, 0.6) is 0 Å². The number of rotatable bonds is 3. The molecule has 1 amide bonds. The molecule has 1 unspecified atom stereocenters. The SMILES string of the molecule is O=C(O)C1CC(=O)N(c2cccc(-n3cccc3)c2)C1. The summed E-state index contributed by atoms with van der Waals surface area (Å²) in [5.41, 5.74) is 1.68. The van der Waals surface area contributed by atoms with Crippen molar-refractivity contribution >= 4 is 17.6 Å². The number of carboxylic acid groups (broad SMARTS) is 1. The van der Waals surface area contributed by atoms with Crippen molar-refractivity contribution in [2.75, 3.05) is 11.4 Å². The number of hydrogen-bond donors (Lipinski definition) is 1. The van der Waals surface area contributed by atoms with Crippen LogP contribution < -0.4 is 4.90 Å². The van der Waals surface area contributed by atoms with Crippen LogP contribution in [0.15, 0.2) is 48.8 Å². The van der Waals surface area contributed by atoms with Crippen molar-refractivity contribution in [1.29, 1.82) is 0 Å². The van der Waals surface area contributed by atoms with E-state index in [-0.39, 0.29) is 18.9 Å². The van der Waals surface area contributed by atoms with Gasteiger partial charge in [0.1, 0.15) is 0 Å². The van der Waals surface area contributed by atoms with E-state index in [1.54, 1.807) is 4.90 Å². The van der Waals surface area contributed by atoms with Gasteiger partial charge in [-0.3, -0.25) is 9.59 Å². The Balaban J connectivity index is 1.90. The molecule has 1 aromatic carbocycles. The Morgan fingerprint density at radius 3 is 2.50 bits per heavy atom. The fourth-order valence-electron chi connectivity index (χ4n) is 2.45. The number of anilines is 1. The summed E-state index contributed by atoms with van der Waals surface area (Å²) < 4.78 is 1.94. The predicted molar refractivity (Wildman–Crippen MR) is 73.9 cm³/mol. The molecule has 3 rings (SSSR count). The highest BCUT2D eigenvalue weighted by Crippen LogP contribution is 2.26. The second-order valence-electron chi connectivity index (χ2n) is 4.85. The Hall–Kier alpha value is -2.56. The minimum atomic E-state index is -0.914. The molecule has 102 valence electrons. The molecule has 1 fully saturated rings. The average Bonchev–Trinajstić information content (AvgIpc) is 3.08. The van der Waals surface area contributed by atoms with E-state index in [1.807, 2.05) is 53.4 Å². The molecular weight excluding hydrogens is 256 g/mol. The smallest absolute Gasteiger partial charge is 0.308 e. The topological polar surface area (TPSA) is 62.5 Å². The summed E-state index contributed by atoms with van der Waals surface area (Å²) in [5.74, 6) is -1.66. The largest absolute Gasteiger partial charge is 0.481 e. The number of nitrogens with zero attached hydrogens (tertiary/aromatic N) is 2. The van der Waals surface area contributed by atoms with Gasteiger partial charge in [-0.1, -0.05) is 6.07 Å². The van der Waals surface area contributed by atoms with Gasteiger partial charge in [0.25, 0.3) is 0 Å². The van der Waals surface area contributed by atoms with Crippen LogP contribution in [-0.4, -0.2) is 28.1 Å². The number of carboxylic acids is 1. The van der Waals surface area contributed by atoms with E-state index in [0.717, 1.165) is 11.4 Å². The van der Waals surface area contributed by atoms with Gasteiger partial charge in [-0.25, -0.2) is 0 Å². The van der Waals surface area contributed by atoms with Gasteiger partial charge in [0.2, 0.25) is 5.91 Å². The number of aliphatic carboxylic acids is 1. The molecule has 0 radical (unpaired) electrons. The van der Waals surface area contributed by atoms with Crippen molar-refractivity contribution < 1.29 is 14.7 Å². The summed E-state index contributed by atoms with van der Waals surface area (Å²) in [4.78, 5) is 24.5. The lowest BCUT2D eigenvalue weighted by Gasteiger charge is -2.17. The molecule has 1 aliphatic heterocycles. The standard InChI is InChI=1S/C15H14N2O3/c18-14-8-11(15(19)20)10-17(14)13-5-3-4-12(9-13)16-6-1-2-7-16/h1-7,9,11H,8,10H2,(H,19,20). The van der Waals surface area contributed by atoms with Gasteiger partial charge in [-0.2, -0.15) is 0 Å². The molecule has 1 saturated heterocycles. The van der Waals surface area contributed by atoms with Crippen molar-refractivity contribution in [3.05, 3.63) is 48.8 Å². The molecule has 0 spiro atoms. The second kappa shape index (κ2) is 4.85. The first-order chi connectivity index (χ1) is 9.65. The number of hydrogen-bond acceptors (Lipinski definition) is 2. The van der Waals surface area contributed by atoms with Gasteiger partial charge in [0, 0.05) is 36.7 Å². The first kappa shape index (κ1) is 12.5. The number of aromatic nitrogens is 1. The van der Waals surface area contributed by atoms with E-state index >= 15 is 0 Å². The molecule has 0 bridgehead atoms. The lowest BCUT2D eigenvalue weighted by molar-refractivity contribution is -0.141. The third-order valence-electron chi connectivity index (χ3n) is 3.52. The van der Waals surface area contributed by atoms with Crippen LogP contribution in [0.3, 0.4) is 0 Å². The highest BCUT2D eigenvalue weighted by atomic mass is 16.4. The van der Waals surface area contributed by atoms with Crippen molar-refractivity contribution in [2.45, 2.75) is 6.42 Å². The van der Waals surface area contributed by atoms with Gasteiger partial charge < -0.3 is 14.6 Å². The molecule has 2 aromatic rings. The third kappa shape index (κ3) is 2.18. The Bertz CT molecular complexity index is 649. The highest BCUT2D eigenvalue weighted by Gasteiger charge is 2.35. The van der Waals surface area contributed by atoms with Crippen molar-refractivity contribution in [1.82, 2.24) is 4.57 Å². The lowest BCUT2D eigenvalue weighted by Crippen LogP contribution is -2.25. The number of carbonyl (C=O) groups is 2. The van der Waals surface area contributed by atoms with Crippen LogP contribution >= 0.6 is 0 Å². The zero-order chi connectivity index (χ0) is 14.1. The maximum Gasteiger partial charge on any atom is 0.308 e. The summed E-state index contributed by atoms with van der Waals surface area (Å²) in [5, 5.41) is 9.02. The summed E-state index contributed by atoms with van der Waals surface area (Å²) in [6.07, 6.45) is 3.92. The Kier molecular flexibility index (Phi) is 3.02. The lowest BCUT2D eigenvalue weighted by atomic mass is 10.1. The maximum atomic E-state index is 11.9. The van der Waals surface area contributed by atoms with Crippen molar-refractivity contribution in [3.8, 4) is 5.69 Å². The van der Waals surface area contributed by atoms with Crippen LogP contribution in [0.4, 0.5) is 5.69 Å². The molecule has 1 atom stereocenters. The molecule has 1 aromatic heterocycles. The van der Waals surface area contributed by atoms with Crippen LogP contribution in [0.25, 0.3) is 5.69 Å². The van der Waals surface area contributed by atoms with Gasteiger partial charge in [-0.05, 0) is 30.3 Å². The van der Waals surface area contributed by atoms with Gasteiger partial charge in [0.05, 0.1) is 5.92 Å². The summed E-state index contributed by atoms with van der Waals surface area (Å²) >= 11 is 0. The third-order valence-corrected chi connectivity index (χ3v) is 3.52. The minimum Gasteiger partial charge on any atom is -0.481 e. The maximum absolute atomic E-state index is 11.9. The number of benzene rings is 1. The molecule has 1 N–H and O–H groups in total. The highest BCUT2D eigenvalue weighted by molar-refractivity contribution is 5.99. The molecule has 2 heterocycles. The molecule has 0 aliphatic carbocycles. The quantitative estimate of drug-likeness (QED) is 0.926. The number of amides is 1. The Labute approximate surface area is 116 Å². The van der Waals surface area contributed by atoms with E-state index in [1.165, 1.54) is 0 Å². The Morgan fingerprint density at radius 2 is 1.85 bits per heavy atom. The second-order valence-corrected chi connectivity index (χ2v) is 4.85. The number of carbonyl (C=O) groups excluding carboxylic acids is 1. The normalized spacial score (nSPS) is 18.5. The van der Waals surface area contributed by atoms with Crippen molar-refractivity contribution in [2.24, 2.45) is 5.92 Å². The predicted octanol–water partition coefficient (Wildman–Crippen LogP) is 1.91. The Morgan fingerprint density at radius 1 is 1.15 bits per heavy atom. The fourth-order valence-corrected chi connectivity index (χ4v) is 2.45. The molecular formula is C15H14N2O3. The van der Waals surface area contributed by atoms with Crippen molar-refractivity contribution in [3.63, 3.8) is 0 Å².